The third-order valence-electron chi connectivity index (χ3n) is 7.36. The maximum Gasteiger partial charge on any atom is 1.00 e. The number of aryl methyl sites for hydroxylation is 1. The summed E-state index contributed by atoms with van der Waals surface area (Å²) >= 11 is 0. The molecule has 0 saturated heterocycles. The summed E-state index contributed by atoms with van der Waals surface area (Å²) in [5.41, 5.74) is 0.571. The number of aromatic hydroxyl groups is 3. The van der Waals surface area contributed by atoms with Crippen LogP contribution in [0.15, 0.2) is 132 Å². The molecule has 0 fully saturated rings. The van der Waals surface area contributed by atoms with E-state index in [0.717, 1.165) is 36.4 Å². The molecule has 0 aliphatic rings. The number of hydrogen-bond acceptors (Lipinski definition) is 14. The van der Waals surface area contributed by atoms with Crippen molar-refractivity contribution in [1.82, 2.24) is 9.78 Å². The van der Waals surface area contributed by atoms with Crippen LogP contribution < -0.4 is 50.7 Å². The number of phenolic OH excluding ortho intramolecular Hbond substituents is 3. The molecule has 18 nitrogen and oxygen atoms in total. The molecule has 0 atom stereocenters. The van der Waals surface area contributed by atoms with Gasteiger partial charge in [0.1, 0.15) is 39.9 Å². The van der Waals surface area contributed by atoms with Crippen LogP contribution in [-0.4, -0.2) is 47.8 Å². The maximum atomic E-state index is 12.5. The van der Waals surface area contributed by atoms with E-state index in [2.05, 4.69) is 30.9 Å². The zero-order chi connectivity index (χ0) is 39.4. The van der Waals surface area contributed by atoms with Crippen LogP contribution in [0.2, 0.25) is 0 Å². The molecule has 6 rings (SSSR count). The van der Waals surface area contributed by atoms with Gasteiger partial charge in [-0.1, -0.05) is 49.0 Å². The first kappa shape index (κ1) is 45.2. The van der Waals surface area contributed by atoms with Crippen molar-refractivity contribution in [2.45, 2.75) is 23.6 Å². The SMILES string of the molecule is CC(=O)Nc1cccc2ccc(O)c(N=Nc3cc(S(N)(=O)=O)ccc3O)c12.Cc1nn(-c2ccccc2)c(=O)[c-]1N=Nc1cc(S(N)(=O)=O)ccc1O.[Co].[Na+]. The predicted octanol–water partition coefficient (Wildman–Crippen LogP) is 2.30. The number of fused-ring (bicyclic) bond motifs is 1. The third kappa shape index (κ3) is 10.7. The summed E-state index contributed by atoms with van der Waals surface area (Å²) in [4.78, 5) is 23.5. The number of nitrogens with zero attached hydrogens (tertiary/aromatic N) is 6. The summed E-state index contributed by atoms with van der Waals surface area (Å²) in [7, 11) is -7.96. The van der Waals surface area contributed by atoms with Gasteiger partial charge in [0.05, 0.1) is 21.2 Å². The Balaban J connectivity index is 0.000000291. The summed E-state index contributed by atoms with van der Waals surface area (Å²) in [6.45, 7) is 2.94. The van der Waals surface area contributed by atoms with Crippen molar-refractivity contribution < 1.29 is 83.3 Å². The fourth-order valence-electron chi connectivity index (χ4n) is 4.83. The Labute approximate surface area is 351 Å². The van der Waals surface area contributed by atoms with Gasteiger partial charge >= 0.3 is 29.6 Å². The van der Waals surface area contributed by atoms with Crippen molar-refractivity contribution in [2.24, 2.45) is 30.7 Å². The second-order valence-electron chi connectivity index (χ2n) is 11.3. The number of azo groups is 2. The molecule has 1 aromatic heterocycles. The molecule has 0 aliphatic carbocycles. The smallest absolute Gasteiger partial charge is 0.506 e. The fourth-order valence-corrected chi connectivity index (χ4v) is 5.90. The van der Waals surface area contributed by atoms with Crippen molar-refractivity contribution >= 4 is 65.2 Å². The van der Waals surface area contributed by atoms with E-state index in [0.29, 0.717) is 27.8 Å². The number of primary sulfonamides is 2. The van der Waals surface area contributed by atoms with Crippen LogP contribution in [0.25, 0.3) is 16.5 Å². The molecule has 0 spiro atoms. The van der Waals surface area contributed by atoms with Gasteiger partial charge in [-0.3, -0.25) is 4.79 Å². The molecule has 5 aromatic carbocycles. The Morgan fingerprint density at radius 3 is 1.88 bits per heavy atom. The van der Waals surface area contributed by atoms with Crippen molar-refractivity contribution in [3.8, 4) is 22.9 Å². The van der Waals surface area contributed by atoms with Gasteiger partial charge < -0.3 is 30.5 Å². The Hall–Kier alpha value is -5.23. The van der Waals surface area contributed by atoms with Crippen LogP contribution in [-0.2, 0) is 41.6 Å². The molecular formula is C34H30CoN9NaO9S2. The Bertz CT molecular complexity index is 2760. The largest absolute Gasteiger partial charge is 1.00 e. The van der Waals surface area contributed by atoms with E-state index in [1.807, 2.05) is 6.07 Å². The summed E-state index contributed by atoms with van der Waals surface area (Å²) in [6, 6.07) is 23.6. The average Bonchev–Trinajstić information content (AvgIpc) is 3.39. The van der Waals surface area contributed by atoms with Gasteiger partial charge in [0.25, 0.3) is 0 Å². The first-order valence-corrected chi connectivity index (χ1v) is 18.4. The first-order valence-electron chi connectivity index (χ1n) is 15.3. The van der Waals surface area contributed by atoms with Crippen LogP contribution >= 0.6 is 0 Å². The van der Waals surface area contributed by atoms with Gasteiger partial charge in [0, 0.05) is 29.1 Å². The number of para-hydroxylation sites is 1. The van der Waals surface area contributed by atoms with Crippen LogP contribution in [0.1, 0.15) is 12.6 Å². The standard InChI is InChI=1S/C18H16N4O5S.C16H14N5O4S.Co.Na/c1-10(23)20-13-4-2-3-11-5-7-16(25)18(17(11)13)22-21-14-9-12(28(19,26)27)6-8-15(14)24;1-10-15(16(23)21(20-10)11-5-3-2-4-6-11)19-18-13-9-12(26(17,24)25)7-8-14(13)22;;/h2-9,24-25H,1H3,(H,20,23)(H2,19,26,27);2-9,22H,1H3,(H2,17,24,25);;/q;-1;;+1. The molecule has 1 amide bonds. The second kappa shape index (κ2) is 18.6. The van der Waals surface area contributed by atoms with Gasteiger partial charge in [0.2, 0.25) is 26.0 Å². The van der Waals surface area contributed by atoms with Gasteiger partial charge in [-0.2, -0.15) is 5.11 Å². The van der Waals surface area contributed by atoms with E-state index < -0.39 is 25.6 Å². The molecule has 56 heavy (non-hydrogen) atoms. The number of phenols is 3. The normalized spacial score (nSPS) is 11.4. The predicted molar refractivity (Wildman–Crippen MR) is 197 cm³/mol. The van der Waals surface area contributed by atoms with E-state index in [-0.39, 0.29) is 102 Å². The molecule has 22 heteroatoms. The first-order chi connectivity index (χ1) is 25.4. The van der Waals surface area contributed by atoms with Gasteiger partial charge in [-0.25, -0.2) is 36.9 Å². The van der Waals surface area contributed by atoms with Crippen molar-refractivity contribution in [1.29, 1.82) is 0 Å². The second-order valence-corrected chi connectivity index (χ2v) is 14.4. The topological polar surface area (TPSA) is 294 Å². The monoisotopic (exact) mass is 854 g/mol. The fraction of sp³-hybridized carbons (Fsp3) is 0.0588. The Morgan fingerprint density at radius 1 is 0.768 bits per heavy atom. The molecule has 8 N–H and O–H groups in total. The molecule has 0 bridgehead atoms. The van der Waals surface area contributed by atoms with E-state index in [1.165, 1.54) is 17.7 Å². The average molecular weight is 855 g/mol. The van der Waals surface area contributed by atoms with E-state index in [4.69, 9.17) is 10.3 Å². The number of rotatable bonds is 8. The molecule has 1 radical (unpaired) electrons. The Morgan fingerprint density at radius 2 is 1.32 bits per heavy atom. The van der Waals surface area contributed by atoms with Gasteiger partial charge in [-0.15, -0.1) is 15.9 Å². The number of aromatic nitrogens is 2. The zero-order valence-electron chi connectivity index (χ0n) is 29.5. The summed E-state index contributed by atoms with van der Waals surface area (Å²) in [6.07, 6.45) is 0. The van der Waals surface area contributed by atoms with E-state index >= 15 is 0 Å². The van der Waals surface area contributed by atoms with Gasteiger partial charge in [0.15, 0.2) is 0 Å². The number of carbonyl (C=O) groups is 1. The molecule has 0 saturated carbocycles. The number of nitrogens with two attached hydrogens (primary N) is 2. The van der Waals surface area contributed by atoms with Crippen molar-refractivity contribution in [3.63, 3.8) is 0 Å². The molecule has 0 unspecified atom stereocenters. The maximum absolute atomic E-state index is 12.5. The molecular weight excluding hydrogens is 824 g/mol. The molecule has 6 aromatic rings. The van der Waals surface area contributed by atoms with E-state index in [9.17, 15) is 41.7 Å². The van der Waals surface area contributed by atoms with Gasteiger partial charge in [-0.05, 0) is 66.0 Å². The minimum absolute atomic E-state index is 0. The number of amides is 1. The van der Waals surface area contributed by atoms with Crippen molar-refractivity contribution in [3.05, 3.63) is 113 Å². The third-order valence-corrected chi connectivity index (χ3v) is 9.18. The summed E-state index contributed by atoms with van der Waals surface area (Å²) in [5.74, 6) is -1.15. The minimum Gasteiger partial charge on any atom is -0.506 e. The zero-order valence-corrected chi connectivity index (χ0v) is 34.2. The van der Waals surface area contributed by atoms with E-state index in [1.54, 1.807) is 55.5 Å². The van der Waals surface area contributed by atoms with Crippen LogP contribution in [0.5, 0.6) is 17.2 Å². The number of hydrogen-bond donors (Lipinski definition) is 6. The number of nitrogens with one attached hydrogen (secondary N) is 1. The number of sulfonamides is 2. The van der Waals surface area contributed by atoms with Crippen LogP contribution in [0.3, 0.4) is 0 Å². The van der Waals surface area contributed by atoms with Crippen LogP contribution in [0, 0.1) is 6.92 Å². The van der Waals surface area contributed by atoms with Crippen molar-refractivity contribution in [2.75, 3.05) is 5.32 Å². The molecule has 1 heterocycles. The van der Waals surface area contributed by atoms with Crippen LogP contribution in [0.4, 0.5) is 28.4 Å². The Kier molecular flexibility index (Phi) is 15.0. The quantitative estimate of drug-likeness (QED) is 0.0738. The molecule has 0 aliphatic heterocycles. The number of carbonyl (C=O) groups excluding carboxylic acids is 1. The minimum atomic E-state index is -4.00. The number of benzene rings is 5. The molecule has 287 valence electrons. The summed E-state index contributed by atoms with van der Waals surface area (Å²) in [5, 5.41) is 63.5. The summed E-state index contributed by atoms with van der Waals surface area (Å²) < 4.78 is 47.0. The number of anilines is 1.